The third-order valence-electron chi connectivity index (χ3n) is 2.90. The summed E-state index contributed by atoms with van der Waals surface area (Å²) in [5.41, 5.74) is 9.46. The first-order chi connectivity index (χ1) is 8.60. The van der Waals surface area contributed by atoms with E-state index in [2.05, 4.69) is 6.92 Å². The van der Waals surface area contributed by atoms with Crippen molar-refractivity contribution < 1.29 is 9.90 Å². The van der Waals surface area contributed by atoms with E-state index in [1.165, 1.54) is 11.6 Å². The number of benzene rings is 2. The SMILES string of the molecule is CCc1ccc(-c2cc(N)cc(C(=O)O)c2)cc1. The van der Waals surface area contributed by atoms with Crippen LogP contribution in [0.3, 0.4) is 0 Å². The maximum absolute atomic E-state index is 11.0. The van der Waals surface area contributed by atoms with Crippen molar-refractivity contribution in [3.63, 3.8) is 0 Å². The van der Waals surface area contributed by atoms with Gasteiger partial charge in [0.2, 0.25) is 0 Å². The van der Waals surface area contributed by atoms with Crippen LogP contribution in [0, 0.1) is 0 Å². The predicted octanol–water partition coefficient (Wildman–Crippen LogP) is 3.20. The number of nitrogen functional groups attached to an aromatic ring is 1. The Morgan fingerprint density at radius 1 is 1.11 bits per heavy atom. The van der Waals surface area contributed by atoms with Crippen LogP contribution in [-0.4, -0.2) is 11.1 Å². The van der Waals surface area contributed by atoms with Crippen molar-refractivity contribution >= 4 is 11.7 Å². The summed E-state index contributed by atoms with van der Waals surface area (Å²) in [7, 11) is 0. The summed E-state index contributed by atoms with van der Waals surface area (Å²) in [5, 5.41) is 9.01. The minimum absolute atomic E-state index is 0.213. The maximum atomic E-state index is 11.0. The molecular weight excluding hydrogens is 226 g/mol. The fraction of sp³-hybridized carbons (Fsp3) is 0.133. The van der Waals surface area contributed by atoms with Crippen LogP contribution in [0.15, 0.2) is 42.5 Å². The lowest BCUT2D eigenvalue weighted by molar-refractivity contribution is 0.0697. The van der Waals surface area contributed by atoms with Crippen molar-refractivity contribution in [2.75, 3.05) is 5.73 Å². The summed E-state index contributed by atoms with van der Waals surface area (Å²) in [6, 6.07) is 12.9. The molecule has 3 N–H and O–H groups in total. The van der Waals surface area contributed by atoms with Gasteiger partial charge in [-0.25, -0.2) is 4.79 Å². The normalized spacial score (nSPS) is 10.3. The summed E-state index contributed by atoms with van der Waals surface area (Å²) in [6.07, 6.45) is 0.984. The zero-order valence-corrected chi connectivity index (χ0v) is 10.2. The molecule has 3 nitrogen and oxygen atoms in total. The lowest BCUT2D eigenvalue weighted by atomic mass is 10.0. The van der Waals surface area contributed by atoms with Gasteiger partial charge in [0.15, 0.2) is 0 Å². The van der Waals surface area contributed by atoms with Gasteiger partial charge in [-0.3, -0.25) is 0 Å². The molecule has 0 atom stereocenters. The van der Waals surface area contributed by atoms with Crippen molar-refractivity contribution in [1.82, 2.24) is 0 Å². The average Bonchev–Trinajstić information content (AvgIpc) is 2.38. The van der Waals surface area contributed by atoms with Gasteiger partial charge in [-0.15, -0.1) is 0 Å². The van der Waals surface area contributed by atoms with Gasteiger partial charge in [-0.05, 0) is 41.3 Å². The van der Waals surface area contributed by atoms with Gasteiger partial charge in [0.1, 0.15) is 0 Å². The highest BCUT2D eigenvalue weighted by atomic mass is 16.4. The van der Waals surface area contributed by atoms with Crippen LogP contribution in [0.2, 0.25) is 0 Å². The molecule has 92 valence electrons. The molecule has 2 aromatic rings. The Bertz CT molecular complexity index is 574. The van der Waals surface area contributed by atoms with Crippen LogP contribution in [0.1, 0.15) is 22.8 Å². The standard InChI is InChI=1S/C15H15NO2/c1-2-10-3-5-11(6-4-10)12-7-13(15(17)18)9-14(16)8-12/h3-9H,2,16H2,1H3,(H,17,18). The van der Waals surface area contributed by atoms with Gasteiger partial charge < -0.3 is 10.8 Å². The molecule has 0 aliphatic heterocycles. The number of aryl methyl sites for hydroxylation is 1. The third-order valence-corrected chi connectivity index (χ3v) is 2.90. The molecule has 0 bridgehead atoms. The van der Waals surface area contributed by atoms with Crippen LogP contribution in [0.4, 0.5) is 5.69 Å². The summed E-state index contributed by atoms with van der Waals surface area (Å²) >= 11 is 0. The summed E-state index contributed by atoms with van der Waals surface area (Å²) in [4.78, 5) is 11.0. The van der Waals surface area contributed by atoms with E-state index >= 15 is 0 Å². The first-order valence-electron chi connectivity index (χ1n) is 5.83. The first-order valence-corrected chi connectivity index (χ1v) is 5.83. The topological polar surface area (TPSA) is 63.3 Å². The van der Waals surface area contributed by atoms with Crippen LogP contribution in [0.5, 0.6) is 0 Å². The minimum Gasteiger partial charge on any atom is -0.478 e. The van der Waals surface area contributed by atoms with Gasteiger partial charge in [0.25, 0.3) is 0 Å². The van der Waals surface area contributed by atoms with Gasteiger partial charge >= 0.3 is 5.97 Å². The van der Waals surface area contributed by atoms with E-state index in [0.29, 0.717) is 5.69 Å². The maximum Gasteiger partial charge on any atom is 0.335 e. The van der Waals surface area contributed by atoms with E-state index < -0.39 is 5.97 Å². The van der Waals surface area contributed by atoms with E-state index in [0.717, 1.165) is 17.5 Å². The predicted molar refractivity (Wildman–Crippen MR) is 72.6 cm³/mol. The second-order valence-corrected chi connectivity index (χ2v) is 4.20. The Hall–Kier alpha value is -2.29. The van der Waals surface area contributed by atoms with Crippen LogP contribution in [-0.2, 0) is 6.42 Å². The Balaban J connectivity index is 2.46. The van der Waals surface area contributed by atoms with E-state index in [4.69, 9.17) is 10.8 Å². The summed E-state index contributed by atoms with van der Waals surface area (Å²) < 4.78 is 0. The third kappa shape index (κ3) is 2.51. The molecule has 0 aromatic heterocycles. The second-order valence-electron chi connectivity index (χ2n) is 4.20. The number of rotatable bonds is 3. The Morgan fingerprint density at radius 3 is 2.33 bits per heavy atom. The molecule has 18 heavy (non-hydrogen) atoms. The number of hydrogen-bond donors (Lipinski definition) is 2. The van der Waals surface area contributed by atoms with Crippen molar-refractivity contribution in [3.8, 4) is 11.1 Å². The highest BCUT2D eigenvalue weighted by Crippen LogP contribution is 2.24. The molecule has 0 spiro atoms. The van der Waals surface area contributed by atoms with E-state index in [-0.39, 0.29) is 5.56 Å². The van der Waals surface area contributed by atoms with E-state index in [1.54, 1.807) is 12.1 Å². The summed E-state index contributed by atoms with van der Waals surface area (Å²) in [5.74, 6) is -0.964. The van der Waals surface area contributed by atoms with Crippen molar-refractivity contribution in [1.29, 1.82) is 0 Å². The zero-order valence-electron chi connectivity index (χ0n) is 10.2. The Morgan fingerprint density at radius 2 is 1.78 bits per heavy atom. The molecule has 3 heteroatoms. The molecule has 0 unspecified atom stereocenters. The summed E-state index contributed by atoms with van der Waals surface area (Å²) in [6.45, 7) is 2.10. The van der Waals surface area contributed by atoms with Gasteiger partial charge in [-0.1, -0.05) is 31.2 Å². The van der Waals surface area contributed by atoms with Gasteiger partial charge in [-0.2, -0.15) is 0 Å². The molecule has 0 heterocycles. The zero-order chi connectivity index (χ0) is 13.1. The molecule has 2 rings (SSSR count). The highest BCUT2D eigenvalue weighted by Gasteiger charge is 2.07. The van der Waals surface area contributed by atoms with Crippen LogP contribution in [0.25, 0.3) is 11.1 Å². The smallest absolute Gasteiger partial charge is 0.335 e. The number of carboxylic acids is 1. The molecule has 0 aliphatic rings. The van der Waals surface area contributed by atoms with E-state index in [9.17, 15) is 4.79 Å². The fourth-order valence-corrected chi connectivity index (χ4v) is 1.87. The highest BCUT2D eigenvalue weighted by molar-refractivity contribution is 5.91. The number of aromatic carboxylic acids is 1. The lowest BCUT2D eigenvalue weighted by Crippen LogP contribution is -1.98. The molecule has 0 saturated heterocycles. The molecule has 0 amide bonds. The van der Waals surface area contributed by atoms with Gasteiger partial charge in [0, 0.05) is 5.69 Å². The largest absolute Gasteiger partial charge is 0.478 e. The Labute approximate surface area is 106 Å². The van der Waals surface area contributed by atoms with Crippen molar-refractivity contribution in [3.05, 3.63) is 53.6 Å². The number of hydrogen-bond acceptors (Lipinski definition) is 2. The monoisotopic (exact) mass is 241 g/mol. The van der Waals surface area contributed by atoms with Crippen LogP contribution < -0.4 is 5.73 Å². The quantitative estimate of drug-likeness (QED) is 0.811. The molecule has 0 radical (unpaired) electrons. The van der Waals surface area contributed by atoms with Gasteiger partial charge in [0.05, 0.1) is 5.56 Å². The molecule has 2 aromatic carbocycles. The molecule has 0 fully saturated rings. The fourth-order valence-electron chi connectivity index (χ4n) is 1.87. The van der Waals surface area contributed by atoms with Crippen LogP contribution >= 0.6 is 0 Å². The second kappa shape index (κ2) is 4.92. The van der Waals surface area contributed by atoms with E-state index in [1.807, 2.05) is 24.3 Å². The lowest BCUT2D eigenvalue weighted by Gasteiger charge is -2.06. The van der Waals surface area contributed by atoms with Crippen molar-refractivity contribution in [2.24, 2.45) is 0 Å². The molecule has 0 aliphatic carbocycles. The minimum atomic E-state index is -0.964. The number of nitrogens with two attached hydrogens (primary N) is 1. The number of carboxylic acid groups (broad SMARTS) is 1. The Kier molecular flexibility index (Phi) is 3.33. The first kappa shape index (κ1) is 12.2. The number of carbonyl (C=O) groups is 1. The van der Waals surface area contributed by atoms with Crippen molar-refractivity contribution in [2.45, 2.75) is 13.3 Å². The number of anilines is 1. The molecule has 0 saturated carbocycles. The molecular formula is C15H15NO2. The average molecular weight is 241 g/mol.